The molecule has 32 heavy (non-hydrogen) atoms. The number of aliphatic carboxylic acids is 1. The second-order valence-corrected chi connectivity index (χ2v) is 7.99. The molecule has 11 heteroatoms. The van der Waals surface area contributed by atoms with E-state index in [9.17, 15) is 34.5 Å². The lowest BCUT2D eigenvalue weighted by Crippen LogP contribution is -2.58. The van der Waals surface area contributed by atoms with Crippen LogP contribution in [0.2, 0.25) is 0 Å². The summed E-state index contributed by atoms with van der Waals surface area (Å²) in [5.74, 6) is -3.41. The summed E-state index contributed by atoms with van der Waals surface area (Å²) in [7, 11) is 0. The number of carbonyl (C=O) groups is 4. The molecule has 0 aromatic heterocycles. The van der Waals surface area contributed by atoms with E-state index in [1.54, 1.807) is 0 Å². The van der Waals surface area contributed by atoms with Gasteiger partial charge in [0.25, 0.3) is 0 Å². The number of nitrogens with two attached hydrogens (primary N) is 1. The number of amides is 3. The topological polar surface area (TPSA) is 191 Å². The molecule has 0 fully saturated rings. The van der Waals surface area contributed by atoms with Gasteiger partial charge in [-0.05, 0) is 37.0 Å². The SMILES string of the molecule is CC(C)CC(NC(=O)C(C)N)C(=O)NC(CO)C(=O)NC(Cc1ccc(O)cc1)C(=O)O. The maximum absolute atomic E-state index is 12.7. The van der Waals surface area contributed by atoms with Crippen molar-refractivity contribution in [1.29, 1.82) is 0 Å². The fraction of sp³-hybridized carbons (Fsp3) is 0.524. The molecule has 4 unspecified atom stereocenters. The molecule has 1 rings (SSSR count). The number of aliphatic hydroxyl groups is 1. The van der Waals surface area contributed by atoms with Crippen molar-refractivity contribution in [3.05, 3.63) is 29.8 Å². The molecule has 178 valence electrons. The molecule has 3 amide bonds. The van der Waals surface area contributed by atoms with Crippen LogP contribution in [0.15, 0.2) is 24.3 Å². The number of hydrogen-bond donors (Lipinski definition) is 7. The lowest BCUT2D eigenvalue weighted by Gasteiger charge is -2.25. The van der Waals surface area contributed by atoms with E-state index in [4.69, 9.17) is 5.73 Å². The van der Waals surface area contributed by atoms with E-state index < -0.39 is 54.5 Å². The van der Waals surface area contributed by atoms with Gasteiger partial charge in [0, 0.05) is 6.42 Å². The Bertz CT molecular complexity index is 796. The number of nitrogens with one attached hydrogen (secondary N) is 3. The average molecular weight is 453 g/mol. The van der Waals surface area contributed by atoms with Gasteiger partial charge in [-0.25, -0.2) is 4.79 Å². The standard InChI is InChI=1S/C21H32N4O7/c1-11(2)8-15(23-18(28)12(3)22)19(29)25-17(10-26)20(30)24-16(21(31)32)9-13-4-6-14(27)7-5-13/h4-7,11-12,15-17,26-27H,8-10,22H2,1-3H3,(H,23,28)(H,24,30)(H,25,29)(H,31,32). The highest BCUT2D eigenvalue weighted by atomic mass is 16.4. The fourth-order valence-electron chi connectivity index (χ4n) is 2.81. The van der Waals surface area contributed by atoms with Crippen molar-refractivity contribution in [3.8, 4) is 5.75 Å². The highest BCUT2D eigenvalue weighted by Gasteiger charge is 2.30. The molecule has 0 heterocycles. The van der Waals surface area contributed by atoms with Crippen molar-refractivity contribution in [3.63, 3.8) is 0 Å². The Labute approximate surface area is 186 Å². The first-order valence-electron chi connectivity index (χ1n) is 10.2. The molecule has 8 N–H and O–H groups in total. The summed E-state index contributed by atoms with van der Waals surface area (Å²) in [6.07, 6.45) is 0.191. The number of benzene rings is 1. The van der Waals surface area contributed by atoms with E-state index in [1.807, 2.05) is 13.8 Å². The fourth-order valence-corrected chi connectivity index (χ4v) is 2.81. The predicted molar refractivity (Wildman–Crippen MR) is 115 cm³/mol. The maximum Gasteiger partial charge on any atom is 0.326 e. The van der Waals surface area contributed by atoms with Crippen LogP contribution in [-0.2, 0) is 25.6 Å². The third kappa shape index (κ3) is 8.90. The van der Waals surface area contributed by atoms with Gasteiger partial charge in [0.05, 0.1) is 12.6 Å². The first kappa shape index (κ1) is 26.9. The maximum atomic E-state index is 12.7. The molecule has 0 saturated heterocycles. The van der Waals surface area contributed by atoms with Crippen molar-refractivity contribution >= 4 is 23.7 Å². The zero-order valence-electron chi connectivity index (χ0n) is 18.4. The number of carboxylic acid groups (broad SMARTS) is 1. The molecule has 0 radical (unpaired) electrons. The zero-order chi connectivity index (χ0) is 24.4. The number of phenols is 1. The molecule has 0 bridgehead atoms. The van der Waals surface area contributed by atoms with Crippen molar-refractivity contribution < 1.29 is 34.5 Å². The van der Waals surface area contributed by atoms with E-state index in [1.165, 1.54) is 31.2 Å². The number of rotatable bonds is 12. The average Bonchev–Trinajstić information content (AvgIpc) is 2.71. The molecule has 0 aliphatic carbocycles. The smallest absolute Gasteiger partial charge is 0.326 e. The highest BCUT2D eigenvalue weighted by molar-refractivity contribution is 5.94. The highest BCUT2D eigenvalue weighted by Crippen LogP contribution is 2.12. The molecule has 4 atom stereocenters. The number of carboxylic acids is 1. The van der Waals surface area contributed by atoms with Gasteiger partial charge in [0.1, 0.15) is 23.9 Å². The van der Waals surface area contributed by atoms with E-state index in [0.717, 1.165) is 0 Å². The minimum Gasteiger partial charge on any atom is -0.508 e. The minimum absolute atomic E-state index is 0.0137. The van der Waals surface area contributed by atoms with Crippen molar-refractivity contribution in [2.45, 2.75) is 57.8 Å². The molecule has 1 aromatic carbocycles. The molecule has 0 aliphatic heterocycles. The third-order valence-corrected chi connectivity index (χ3v) is 4.56. The Morgan fingerprint density at radius 2 is 1.38 bits per heavy atom. The Morgan fingerprint density at radius 3 is 1.84 bits per heavy atom. The van der Waals surface area contributed by atoms with Crippen molar-refractivity contribution in [1.82, 2.24) is 16.0 Å². The summed E-state index contributed by atoms with van der Waals surface area (Å²) in [4.78, 5) is 48.7. The van der Waals surface area contributed by atoms with Gasteiger partial charge < -0.3 is 37.0 Å². The largest absolute Gasteiger partial charge is 0.508 e. The Kier molecular flexibility index (Phi) is 10.6. The minimum atomic E-state index is -1.42. The summed E-state index contributed by atoms with van der Waals surface area (Å²) in [5, 5.41) is 35.5. The number of phenolic OH excluding ortho intramolecular Hbond substituents is 1. The van der Waals surface area contributed by atoms with Gasteiger partial charge >= 0.3 is 5.97 Å². The molecule has 0 spiro atoms. The van der Waals surface area contributed by atoms with Crippen LogP contribution in [0.5, 0.6) is 5.75 Å². The van der Waals surface area contributed by atoms with Gasteiger partial charge in [0.15, 0.2) is 0 Å². The summed E-state index contributed by atoms with van der Waals surface area (Å²) in [6, 6.07) is 1.22. The molecule has 11 nitrogen and oxygen atoms in total. The molecule has 1 aromatic rings. The van der Waals surface area contributed by atoms with Crippen molar-refractivity contribution in [2.24, 2.45) is 11.7 Å². The van der Waals surface area contributed by atoms with Crippen LogP contribution in [0, 0.1) is 5.92 Å². The summed E-state index contributed by atoms with van der Waals surface area (Å²) >= 11 is 0. The van der Waals surface area contributed by atoms with Gasteiger partial charge in [-0.2, -0.15) is 0 Å². The van der Waals surface area contributed by atoms with Crippen LogP contribution >= 0.6 is 0 Å². The van der Waals surface area contributed by atoms with Crippen LogP contribution in [0.3, 0.4) is 0 Å². The summed E-state index contributed by atoms with van der Waals surface area (Å²) in [6.45, 7) is 4.37. The molecule has 0 saturated carbocycles. The van der Waals surface area contributed by atoms with Crippen LogP contribution in [-0.4, -0.2) is 69.8 Å². The van der Waals surface area contributed by atoms with Gasteiger partial charge in [-0.1, -0.05) is 26.0 Å². The number of aliphatic hydroxyl groups excluding tert-OH is 1. The van der Waals surface area contributed by atoms with E-state index in [0.29, 0.717) is 5.56 Å². The first-order chi connectivity index (χ1) is 14.9. The van der Waals surface area contributed by atoms with Crippen LogP contribution in [0.1, 0.15) is 32.8 Å². The Balaban J connectivity index is 2.86. The third-order valence-electron chi connectivity index (χ3n) is 4.56. The normalized spacial score (nSPS) is 14.7. The van der Waals surface area contributed by atoms with E-state index in [-0.39, 0.29) is 24.5 Å². The Hall–Kier alpha value is -3.18. The second kappa shape index (κ2) is 12.6. The number of carbonyl (C=O) groups excluding carboxylic acids is 3. The Morgan fingerprint density at radius 1 is 0.875 bits per heavy atom. The number of aromatic hydroxyl groups is 1. The zero-order valence-corrected chi connectivity index (χ0v) is 18.4. The summed E-state index contributed by atoms with van der Waals surface area (Å²) < 4.78 is 0. The van der Waals surface area contributed by atoms with Gasteiger partial charge in [-0.3, -0.25) is 14.4 Å². The van der Waals surface area contributed by atoms with Gasteiger partial charge in [-0.15, -0.1) is 0 Å². The van der Waals surface area contributed by atoms with Crippen LogP contribution < -0.4 is 21.7 Å². The quantitative estimate of drug-likeness (QED) is 0.207. The monoisotopic (exact) mass is 452 g/mol. The lowest BCUT2D eigenvalue weighted by atomic mass is 10.0. The predicted octanol–water partition coefficient (Wildman–Crippen LogP) is -1.14. The van der Waals surface area contributed by atoms with E-state index >= 15 is 0 Å². The summed E-state index contributed by atoms with van der Waals surface area (Å²) in [5.41, 5.74) is 6.08. The van der Waals surface area contributed by atoms with E-state index in [2.05, 4.69) is 16.0 Å². The number of hydrogen-bond acceptors (Lipinski definition) is 7. The van der Waals surface area contributed by atoms with Crippen LogP contribution in [0.4, 0.5) is 0 Å². The lowest BCUT2D eigenvalue weighted by molar-refractivity contribution is -0.142. The second-order valence-electron chi connectivity index (χ2n) is 7.99. The van der Waals surface area contributed by atoms with Crippen LogP contribution in [0.25, 0.3) is 0 Å². The molecule has 0 aliphatic rings. The van der Waals surface area contributed by atoms with Crippen molar-refractivity contribution in [2.75, 3.05) is 6.61 Å². The molecular formula is C21H32N4O7. The molecular weight excluding hydrogens is 420 g/mol. The van der Waals surface area contributed by atoms with Gasteiger partial charge in [0.2, 0.25) is 17.7 Å². The first-order valence-corrected chi connectivity index (χ1v) is 10.2.